The molecule has 1 fully saturated rings. The van der Waals surface area contributed by atoms with Gasteiger partial charge in [-0.1, -0.05) is 20.8 Å². The highest BCUT2D eigenvalue weighted by atomic mass is 35.5. The highest BCUT2D eigenvalue weighted by Crippen LogP contribution is 2.17. The van der Waals surface area contributed by atoms with Crippen molar-refractivity contribution in [3.63, 3.8) is 0 Å². The van der Waals surface area contributed by atoms with Gasteiger partial charge in [-0.2, -0.15) is 0 Å². The van der Waals surface area contributed by atoms with Gasteiger partial charge in [0.05, 0.1) is 6.04 Å². The largest absolute Gasteiger partial charge is 0.354 e. The summed E-state index contributed by atoms with van der Waals surface area (Å²) in [5, 5.41) is 5.59. The molecule has 0 bridgehead atoms. The third kappa shape index (κ3) is 4.91. The number of hydrogen-bond acceptors (Lipinski definition) is 3. The molecule has 1 aliphatic rings. The van der Waals surface area contributed by atoms with Gasteiger partial charge in [0.1, 0.15) is 0 Å². The van der Waals surface area contributed by atoms with Gasteiger partial charge in [-0.05, 0) is 11.8 Å². The number of rotatable bonds is 2. The Morgan fingerprint density at radius 2 is 2.12 bits per heavy atom. The number of nitrogens with two attached hydrogens (primary N) is 1. The van der Waals surface area contributed by atoms with Gasteiger partial charge in [-0.15, -0.1) is 12.4 Å². The summed E-state index contributed by atoms with van der Waals surface area (Å²) < 4.78 is 0. The van der Waals surface area contributed by atoms with E-state index in [0.717, 1.165) is 0 Å². The molecule has 1 heterocycles. The van der Waals surface area contributed by atoms with Gasteiger partial charge >= 0.3 is 0 Å². The van der Waals surface area contributed by atoms with Crippen LogP contribution in [-0.4, -0.2) is 30.4 Å². The molecule has 4 N–H and O–H groups in total. The van der Waals surface area contributed by atoms with Crippen LogP contribution in [-0.2, 0) is 9.59 Å². The second-order valence-corrected chi connectivity index (χ2v) is 5.39. The van der Waals surface area contributed by atoms with E-state index in [4.69, 9.17) is 5.73 Å². The molecule has 2 atom stereocenters. The molecule has 100 valence electrons. The first-order valence-electron chi connectivity index (χ1n) is 5.63. The average molecular weight is 264 g/mol. The van der Waals surface area contributed by atoms with Gasteiger partial charge in [-0.3, -0.25) is 9.59 Å². The monoisotopic (exact) mass is 263 g/mol. The smallest absolute Gasteiger partial charge is 0.237 e. The number of carbonyl (C=O) groups excluding carboxylic acids is 2. The van der Waals surface area contributed by atoms with Crippen molar-refractivity contribution in [3.05, 3.63) is 0 Å². The fourth-order valence-corrected chi connectivity index (χ4v) is 1.54. The Balaban J connectivity index is 0.00000256. The summed E-state index contributed by atoms with van der Waals surface area (Å²) in [6.45, 7) is 6.29. The normalized spacial score (nSPS) is 22.1. The van der Waals surface area contributed by atoms with E-state index in [-0.39, 0.29) is 35.7 Å². The molecular weight excluding hydrogens is 242 g/mol. The molecule has 0 aromatic rings. The Hall–Kier alpha value is -0.810. The Kier molecular flexibility index (Phi) is 5.92. The predicted molar refractivity (Wildman–Crippen MR) is 68.9 cm³/mol. The maximum absolute atomic E-state index is 11.8. The molecule has 5 nitrogen and oxygen atoms in total. The van der Waals surface area contributed by atoms with Crippen LogP contribution in [0.15, 0.2) is 0 Å². The summed E-state index contributed by atoms with van der Waals surface area (Å²) in [7, 11) is 0. The molecule has 6 heteroatoms. The van der Waals surface area contributed by atoms with Crippen molar-refractivity contribution in [2.45, 2.75) is 45.7 Å². The van der Waals surface area contributed by atoms with E-state index >= 15 is 0 Å². The minimum atomic E-state index is -0.523. The number of piperidine rings is 1. The predicted octanol–water partition coefficient (Wildman–Crippen LogP) is 0.176. The third-order valence-corrected chi connectivity index (χ3v) is 2.83. The van der Waals surface area contributed by atoms with Crippen LogP contribution in [0.2, 0.25) is 0 Å². The number of hydrogen-bond donors (Lipinski definition) is 3. The Labute approximate surface area is 108 Å². The lowest BCUT2D eigenvalue weighted by Crippen LogP contribution is -2.55. The number of halogens is 1. The molecule has 1 rings (SSSR count). The molecule has 1 saturated heterocycles. The van der Waals surface area contributed by atoms with E-state index in [1.165, 1.54) is 0 Å². The molecule has 0 aromatic carbocycles. The van der Waals surface area contributed by atoms with Gasteiger partial charge in [0.2, 0.25) is 11.8 Å². The zero-order valence-corrected chi connectivity index (χ0v) is 11.4. The number of carbonyl (C=O) groups is 2. The molecule has 0 aromatic heterocycles. The van der Waals surface area contributed by atoms with Crippen molar-refractivity contribution >= 4 is 24.2 Å². The first-order valence-corrected chi connectivity index (χ1v) is 5.63. The van der Waals surface area contributed by atoms with E-state index in [1.807, 2.05) is 20.8 Å². The first kappa shape index (κ1) is 16.2. The summed E-state index contributed by atoms with van der Waals surface area (Å²) in [6, 6.07) is -0.510. The van der Waals surface area contributed by atoms with Crippen LogP contribution in [0.5, 0.6) is 0 Å². The maximum Gasteiger partial charge on any atom is 0.237 e. The molecular formula is C11H22ClN3O2. The maximum atomic E-state index is 11.8. The van der Waals surface area contributed by atoms with Crippen LogP contribution < -0.4 is 16.4 Å². The van der Waals surface area contributed by atoms with Gasteiger partial charge in [0.15, 0.2) is 0 Å². The second-order valence-electron chi connectivity index (χ2n) is 5.39. The van der Waals surface area contributed by atoms with Gasteiger partial charge in [-0.25, -0.2) is 0 Å². The lowest BCUT2D eigenvalue weighted by Gasteiger charge is -2.29. The molecule has 0 spiro atoms. The highest BCUT2D eigenvalue weighted by molar-refractivity contribution is 5.85. The van der Waals surface area contributed by atoms with E-state index in [9.17, 15) is 9.59 Å². The SMILES string of the molecule is CC(C)(C)[C@H](N)C(=O)NC1CCC(=O)NC1.Cl. The number of nitrogens with one attached hydrogen (secondary N) is 2. The van der Waals surface area contributed by atoms with E-state index in [2.05, 4.69) is 10.6 Å². The zero-order chi connectivity index (χ0) is 12.3. The van der Waals surface area contributed by atoms with Crippen molar-refractivity contribution in [1.82, 2.24) is 10.6 Å². The van der Waals surface area contributed by atoms with Gasteiger partial charge in [0.25, 0.3) is 0 Å². The summed E-state index contributed by atoms with van der Waals surface area (Å²) in [6.07, 6.45) is 1.16. The molecule has 0 saturated carbocycles. The third-order valence-electron chi connectivity index (χ3n) is 2.83. The van der Waals surface area contributed by atoms with Crippen molar-refractivity contribution < 1.29 is 9.59 Å². The Bertz CT molecular complexity index is 279. The standard InChI is InChI=1S/C11H21N3O2.ClH/c1-11(2,3)9(12)10(16)14-7-4-5-8(15)13-6-7;/h7,9H,4-6,12H2,1-3H3,(H,13,15)(H,14,16);1H/t7?,9-;/m1./s1. The molecule has 1 aliphatic heterocycles. The lowest BCUT2D eigenvalue weighted by atomic mass is 9.86. The van der Waals surface area contributed by atoms with Crippen LogP contribution in [0.4, 0.5) is 0 Å². The molecule has 0 radical (unpaired) electrons. The minimum absolute atomic E-state index is 0. The summed E-state index contributed by atoms with van der Waals surface area (Å²) in [5.74, 6) is -0.0979. The van der Waals surface area contributed by atoms with E-state index in [0.29, 0.717) is 19.4 Å². The van der Waals surface area contributed by atoms with Crippen molar-refractivity contribution in [2.75, 3.05) is 6.54 Å². The number of amides is 2. The lowest BCUT2D eigenvalue weighted by molar-refractivity contribution is -0.127. The molecule has 17 heavy (non-hydrogen) atoms. The van der Waals surface area contributed by atoms with Gasteiger partial charge < -0.3 is 16.4 Å². The second kappa shape index (κ2) is 6.21. The fourth-order valence-electron chi connectivity index (χ4n) is 1.54. The minimum Gasteiger partial charge on any atom is -0.354 e. The van der Waals surface area contributed by atoms with Crippen LogP contribution in [0.25, 0.3) is 0 Å². The average Bonchev–Trinajstić information content (AvgIpc) is 2.19. The van der Waals surface area contributed by atoms with Crippen LogP contribution >= 0.6 is 12.4 Å². The summed E-state index contributed by atoms with van der Waals surface area (Å²) in [4.78, 5) is 22.7. The Morgan fingerprint density at radius 3 is 2.53 bits per heavy atom. The fraction of sp³-hybridized carbons (Fsp3) is 0.818. The van der Waals surface area contributed by atoms with Crippen LogP contribution in [0.3, 0.4) is 0 Å². The van der Waals surface area contributed by atoms with Crippen molar-refractivity contribution in [1.29, 1.82) is 0 Å². The van der Waals surface area contributed by atoms with Crippen molar-refractivity contribution in [3.8, 4) is 0 Å². The first-order chi connectivity index (χ1) is 7.30. The van der Waals surface area contributed by atoms with Crippen LogP contribution in [0.1, 0.15) is 33.6 Å². The molecule has 0 aliphatic carbocycles. The highest BCUT2D eigenvalue weighted by Gasteiger charge is 2.29. The van der Waals surface area contributed by atoms with E-state index in [1.54, 1.807) is 0 Å². The van der Waals surface area contributed by atoms with Gasteiger partial charge in [0, 0.05) is 19.0 Å². The zero-order valence-electron chi connectivity index (χ0n) is 10.6. The molecule has 2 amide bonds. The van der Waals surface area contributed by atoms with Crippen molar-refractivity contribution in [2.24, 2.45) is 11.1 Å². The Morgan fingerprint density at radius 1 is 1.53 bits per heavy atom. The summed E-state index contributed by atoms with van der Waals surface area (Å²) >= 11 is 0. The molecule has 1 unspecified atom stereocenters. The topological polar surface area (TPSA) is 84.2 Å². The summed E-state index contributed by atoms with van der Waals surface area (Å²) in [5.41, 5.74) is 5.59. The van der Waals surface area contributed by atoms with Crippen LogP contribution in [0, 0.1) is 5.41 Å². The van der Waals surface area contributed by atoms with E-state index < -0.39 is 6.04 Å². The quantitative estimate of drug-likeness (QED) is 0.664.